The van der Waals surface area contributed by atoms with Crippen LogP contribution in [0.2, 0.25) is 5.02 Å². The molecular formula is C15H13ClN2O3S. The highest BCUT2D eigenvalue weighted by atomic mass is 35.5. The molecule has 0 aromatic heterocycles. The molecule has 0 spiro atoms. The van der Waals surface area contributed by atoms with Gasteiger partial charge in [-0.15, -0.1) is 0 Å². The number of rotatable bonds is 4. The molecule has 0 fully saturated rings. The van der Waals surface area contributed by atoms with Gasteiger partial charge in [-0.1, -0.05) is 29.3 Å². The summed E-state index contributed by atoms with van der Waals surface area (Å²) in [6, 6.07) is 11.0. The molecule has 0 aliphatic heterocycles. The van der Waals surface area contributed by atoms with Crippen LogP contribution < -0.4 is 9.46 Å². The zero-order chi connectivity index (χ0) is 16.3. The van der Waals surface area contributed by atoms with Gasteiger partial charge in [-0.3, -0.25) is 4.72 Å². The Morgan fingerprint density at radius 2 is 1.86 bits per heavy atom. The summed E-state index contributed by atoms with van der Waals surface area (Å²) in [5.41, 5.74) is 1.18. The van der Waals surface area contributed by atoms with Crippen molar-refractivity contribution in [3.63, 3.8) is 0 Å². The Morgan fingerprint density at radius 3 is 2.41 bits per heavy atom. The third-order valence-electron chi connectivity index (χ3n) is 2.99. The fraction of sp³-hybridized carbons (Fsp3) is 0.133. The first-order valence-electron chi connectivity index (χ1n) is 6.24. The number of halogens is 1. The van der Waals surface area contributed by atoms with Crippen molar-refractivity contribution in [3.05, 3.63) is 52.5 Å². The van der Waals surface area contributed by atoms with Crippen LogP contribution in [0.15, 0.2) is 41.3 Å². The average molecular weight is 337 g/mol. The molecule has 0 saturated heterocycles. The van der Waals surface area contributed by atoms with Gasteiger partial charge in [0.1, 0.15) is 11.8 Å². The van der Waals surface area contributed by atoms with Crippen LogP contribution in [0, 0.1) is 18.3 Å². The molecule has 1 N–H and O–H groups in total. The molecular weight excluding hydrogens is 324 g/mol. The Labute approximate surface area is 134 Å². The van der Waals surface area contributed by atoms with Crippen molar-refractivity contribution in [3.8, 4) is 11.8 Å². The van der Waals surface area contributed by atoms with Crippen molar-refractivity contribution in [1.82, 2.24) is 0 Å². The Balaban J connectivity index is 2.45. The Hall–Kier alpha value is -2.23. The highest BCUT2D eigenvalue weighted by Crippen LogP contribution is 2.32. The molecule has 0 unspecified atom stereocenters. The van der Waals surface area contributed by atoms with Crippen LogP contribution in [-0.2, 0) is 10.0 Å². The van der Waals surface area contributed by atoms with Crippen LogP contribution in [0.5, 0.6) is 5.75 Å². The van der Waals surface area contributed by atoms with E-state index >= 15 is 0 Å². The molecule has 0 bridgehead atoms. The first-order chi connectivity index (χ1) is 10.4. The molecule has 2 rings (SSSR count). The Bertz CT molecular complexity index is 840. The lowest BCUT2D eigenvalue weighted by Crippen LogP contribution is -2.14. The van der Waals surface area contributed by atoms with E-state index in [0.29, 0.717) is 0 Å². The third-order valence-corrected chi connectivity index (χ3v) is 4.66. The van der Waals surface area contributed by atoms with Gasteiger partial charge in [0.15, 0.2) is 0 Å². The predicted molar refractivity (Wildman–Crippen MR) is 84.7 cm³/mol. The molecule has 0 aliphatic rings. The standard InChI is InChI=1S/C15H13ClN2O3S/c1-10-3-5-12(6-4-10)22(19,20)18-14-8-15(21-2)13(16)7-11(14)9-17/h3-8,18H,1-2H3. The maximum absolute atomic E-state index is 12.4. The normalized spacial score (nSPS) is 10.8. The second kappa shape index (κ2) is 6.26. The quantitative estimate of drug-likeness (QED) is 0.928. The smallest absolute Gasteiger partial charge is 0.261 e. The van der Waals surface area contributed by atoms with Gasteiger partial charge in [-0.2, -0.15) is 5.26 Å². The number of methoxy groups -OCH3 is 1. The molecule has 0 amide bonds. The lowest BCUT2D eigenvalue weighted by atomic mass is 10.2. The van der Waals surface area contributed by atoms with Crippen LogP contribution in [0.4, 0.5) is 5.69 Å². The number of sulfonamides is 1. The summed E-state index contributed by atoms with van der Waals surface area (Å²) < 4.78 is 32.2. The van der Waals surface area contributed by atoms with E-state index in [9.17, 15) is 8.42 Å². The molecule has 0 saturated carbocycles. The molecule has 0 radical (unpaired) electrons. The summed E-state index contributed by atoms with van der Waals surface area (Å²) in [6.45, 7) is 1.86. The second-order valence-corrected chi connectivity index (χ2v) is 6.65. The van der Waals surface area contributed by atoms with E-state index < -0.39 is 10.0 Å². The number of anilines is 1. The lowest BCUT2D eigenvalue weighted by Gasteiger charge is -2.12. The third kappa shape index (κ3) is 3.32. The van der Waals surface area contributed by atoms with Gasteiger partial charge in [0.05, 0.1) is 28.3 Å². The molecule has 114 valence electrons. The van der Waals surface area contributed by atoms with Crippen molar-refractivity contribution in [2.45, 2.75) is 11.8 Å². The molecule has 22 heavy (non-hydrogen) atoms. The molecule has 2 aromatic rings. The fourth-order valence-electron chi connectivity index (χ4n) is 1.81. The molecule has 0 atom stereocenters. The number of hydrogen-bond acceptors (Lipinski definition) is 4. The van der Waals surface area contributed by atoms with Crippen LogP contribution in [0.3, 0.4) is 0 Å². The number of ether oxygens (including phenoxy) is 1. The zero-order valence-electron chi connectivity index (χ0n) is 11.9. The van der Waals surface area contributed by atoms with Gasteiger partial charge in [0, 0.05) is 6.07 Å². The summed E-state index contributed by atoms with van der Waals surface area (Å²) in [4.78, 5) is 0.107. The Morgan fingerprint density at radius 1 is 1.23 bits per heavy atom. The number of nitrogens with one attached hydrogen (secondary N) is 1. The van der Waals surface area contributed by atoms with Crippen molar-refractivity contribution in [2.24, 2.45) is 0 Å². The summed E-state index contributed by atoms with van der Waals surface area (Å²) >= 11 is 5.93. The summed E-state index contributed by atoms with van der Waals surface area (Å²) in [7, 11) is -2.39. The van der Waals surface area contributed by atoms with Crippen molar-refractivity contribution in [1.29, 1.82) is 5.26 Å². The maximum atomic E-state index is 12.4. The monoisotopic (exact) mass is 336 g/mol. The number of aryl methyl sites for hydroxylation is 1. The fourth-order valence-corrected chi connectivity index (χ4v) is 3.12. The summed E-state index contributed by atoms with van der Waals surface area (Å²) in [6.07, 6.45) is 0. The van der Waals surface area contributed by atoms with E-state index in [1.54, 1.807) is 12.1 Å². The van der Waals surface area contributed by atoms with Crippen LogP contribution in [-0.4, -0.2) is 15.5 Å². The van der Waals surface area contributed by atoms with E-state index in [-0.39, 0.29) is 26.9 Å². The van der Waals surface area contributed by atoms with Crippen LogP contribution in [0.25, 0.3) is 0 Å². The summed E-state index contributed by atoms with van der Waals surface area (Å²) in [5.74, 6) is 0.280. The van der Waals surface area contributed by atoms with Crippen LogP contribution in [0.1, 0.15) is 11.1 Å². The van der Waals surface area contributed by atoms with E-state index in [2.05, 4.69) is 4.72 Å². The topological polar surface area (TPSA) is 79.2 Å². The number of nitrogens with zero attached hydrogens (tertiary/aromatic N) is 1. The van der Waals surface area contributed by atoms with E-state index in [4.69, 9.17) is 21.6 Å². The van der Waals surface area contributed by atoms with Crippen molar-refractivity contribution >= 4 is 27.3 Å². The zero-order valence-corrected chi connectivity index (χ0v) is 13.5. The predicted octanol–water partition coefficient (Wildman–Crippen LogP) is 3.33. The van der Waals surface area contributed by atoms with Gasteiger partial charge in [-0.25, -0.2) is 8.42 Å². The van der Waals surface area contributed by atoms with Gasteiger partial charge in [0.2, 0.25) is 0 Å². The first-order valence-corrected chi connectivity index (χ1v) is 8.10. The Kier molecular flexibility index (Phi) is 4.59. The van der Waals surface area contributed by atoms with Crippen LogP contribution >= 0.6 is 11.6 Å². The minimum Gasteiger partial charge on any atom is -0.495 e. The van der Waals surface area contributed by atoms with Gasteiger partial charge < -0.3 is 4.74 Å². The largest absolute Gasteiger partial charge is 0.495 e. The average Bonchev–Trinajstić information content (AvgIpc) is 2.48. The molecule has 2 aromatic carbocycles. The van der Waals surface area contributed by atoms with Crippen molar-refractivity contribution in [2.75, 3.05) is 11.8 Å². The molecule has 5 nitrogen and oxygen atoms in total. The maximum Gasteiger partial charge on any atom is 0.261 e. The molecule has 0 aliphatic carbocycles. The first kappa shape index (κ1) is 16.1. The van der Waals surface area contributed by atoms with Gasteiger partial charge in [-0.05, 0) is 25.1 Å². The number of benzene rings is 2. The number of hydrogen-bond donors (Lipinski definition) is 1. The SMILES string of the molecule is COc1cc(NS(=O)(=O)c2ccc(C)cc2)c(C#N)cc1Cl. The summed E-state index contributed by atoms with van der Waals surface area (Å²) in [5, 5.41) is 9.36. The van der Waals surface area contributed by atoms with Gasteiger partial charge in [0.25, 0.3) is 10.0 Å². The lowest BCUT2D eigenvalue weighted by molar-refractivity contribution is 0.415. The second-order valence-electron chi connectivity index (χ2n) is 4.56. The minimum absolute atomic E-state index is 0.107. The number of nitriles is 1. The minimum atomic E-state index is -3.80. The highest BCUT2D eigenvalue weighted by Gasteiger charge is 2.18. The highest BCUT2D eigenvalue weighted by molar-refractivity contribution is 7.92. The molecule has 7 heteroatoms. The van der Waals surface area contributed by atoms with E-state index in [1.165, 1.54) is 31.4 Å². The van der Waals surface area contributed by atoms with Crippen molar-refractivity contribution < 1.29 is 13.2 Å². The van der Waals surface area contributed by atoms with Gasteiger partial charge >= 0.3 is 0 Å². The molecule has 0 heterocycles. The van der Waals surface area contributed by atoms with E-state index in [1.807, 2.05) is 13.0 Å². The van der Waals surface area contributed by atoms with E-state index in [0.717, 1.165) is 5.56 Å².